The minimum absolute atomic E-state index is 0.141. The lowest BCUT2D eigenvalue weighted by Gasteiger charge is -2.20. The Labute approximate surface area is 200 Å². The van der Waals surface area contributed by atoms with Gasteiger partial charge in [-0.3, -0.25) is 8.98 Å². The van der Waals surface area contributed by atoms with E-state index in [-0.39, 0.29) is 16.2 Å². The van der Waals surface area contributed by atoms with Crippen molar-refractivity contribution in [3.05, 3.63) is 93.1 Å². The summed E-state index contributed by atoms with van der Waals surface area (Å²) in [6.45, 7) is 9.23. The van der Waals surface area contributed by atoms with Gasteiger partial charge in [0.2, 0.25) is 0 Å². The van der Waals surface area contributed by atoms with E-state index in [0.29, 0.717) is 11.6 Å². The Bertz CT molecular complexity index is 1440. The predicted octanol–water partition coefficient (Wildman–Crippen LogP) is 4.47. The molecule has 0 aliphatic carbocycles. The van der Waals surface area contributed by atoms with Crippen molar-refractivity contribution in [3.63, 3.8) is 0 Å². The molecule has 1 atom stereocenters. The first kappa shape index (κ1) is 26.2. The van der Waals surface area contributed by atoms with Gasteiger partial charge in [0.05, 0.1) is 36.3 Å². The monoisotopic (exact) mass is 506 g/mol. The van der Waals surface area contributed by atoms with Crippen molar-refractivity contribution in [2.24, 2.45) is 0 Å². The Balaban J connectivity index is 1.99. The summed E-state index contributed by atoms with van der Waals surface area (Å²) in [5, 5.41) is 10.5. The molecule has 0 radical (unpaired) electrons. The third kappa shape index (κ3) is 5.97. The minimum Gasteiger partial charge on any atom is -0.389 e. The molecule has 3 rings (SSSR count). The van der Waals surface area contributed by atoms with Crippen LogP contribution in [0.5, 0.6) is 0 Å². The van der Waals surface area contributed by atoms with Crippen molar-refractivity contribution in [3.8, 4) is 11.3 Å². The maximum atomic E-state index is 13.6. The number of rotatable bonds is 7. The van der Waals surface area contributed by atoms with Gasteiger partial charge >= 0.3 is 6.18 Å². The van der Waals surface area contributed by atoms with E-state index in [0.717, 1.165) is 10.1 Å². The summed E-state index contributed by atoms with van der Waals surface area (Å²) in [4.78, 5) is 15.6. The molecule has 0 saturated heterocycles. The molecule has 0 bridgehead atoms. The number of pyridine rings is 1. The molecule has 0 amide bonds. The molecule has 1 unspecified atom stereocenters. The van der Waals surface area contributed by atoms with E-state index >= 15 is 0 Å². The normalized spacial score (nSPS) is 12.8. The van der Waals surface area contributed by atoms with E-state index in [1.807, 2.05) is 0 Å². The van der Waals surface area contributed by atoms with Crippen LogP contribution in [0, 0.1) is 20.4 Å². The molecule has 0 aliphatic rings. The van der Waals surface area contributed by atoms with Crippen LogP contribution < -0.4 is 5.56 Å². The van der Waals surface area contributed by atoms with Crippen molar-refractivity contribution in [1.82, 2.24) is 4.57 Å². The number of aliphatic hydroxyl groups is 1. The lowest BCUT2D eigenvalue weighted by atomic mass is 10.0. The maximum absolute atomic E-state index is 13.6. The second-order valence-electron chi connectivity index (χ2n) is 7.89. The van der Waals surface area contributed by atoms with Crippen LogP contribution >= 0.6 is 0 Å². The van der Waals surface area contributed by atoms with Gasteiger partial charge in [0.25, 0.3) is 21.4 Å². The average Bonchev–Trinajstić information content (AvgIpc) is 2.78. The number of aromatic nitrogens is 1. The molecule has 0 saturated carbocycles. The molecular formula is C24H21F3N2O5S. The molecule has 1 N–H and O–H groups in total. The van der Waals surface area contributed by atoms with Gasteiger partial charge in [0.15, 0.2) is 0 Å². The fraction of sp³-hybridized carbons (Fsp3) is 0.250. The Morgan fingerprint density at radius 3 is 2.31 bits per heavy atom. The van der Waals surface area contributed by atoms with Gasteiger partial charge in [-0.1, -0.05) is 41.5 Å². The lowest BCUT2D eigenvalue weighted by Crippen LogP contribution is -2.32. The summed E-state index contributed by atoms with van der Waals surface area (Å²) in [5.41, 5.74) is -2.19. The van der Waals surface area contributed by atoms with Crippen LogP contribution in [-0.2, 0) is 27.0 Å². The van der Waals surface area contributed by atoms with E-state index in [9.17, 15) is 31.5 Å². The Morgan fingerprint density at radius 1 is 1.09 bits per heavy atom. The van der Waals surface area contributed by atoms with Crippen molar-refractivity contribution < 1.29 is 30.9 Å². The average molecular weight is 507 g/mol. The maximum Gasteiger partial charge on any atom is 0.407 e. The third-order valence-electron chi connectivity index (χ3n) is 5.12. The van der Waals surface area contributed by atoms with Gasteiger partial charge in [-0.2, -0.15) is 21.6 Å². The molecule has 1 aromatic heterocycles. The molecule has 0 fully saturated rings. The SMILES string of the molecule is [C-]#[N+]c1c(C(F)(F)F)cc(-c2cccc(C)c2)n(CC(O)COS(=O)(=O)c2ccc(C)cc2)c1=O. The number of nitrogens with zero attached hydrogens (tertiary/aromatic N) is 2. The van der Waals surface area contributed by atoms with Crippen LogP contribution in [0.1, 0.15) is 16.7 Å². The zero-order valence-corrected chi connectivity index (χ0v) is 19.5. The quantitative estimate of drug-likeness (QED) is 0.377. The fourth-order valence-electron chi connectivity index (χ4n) is 3.39. The summed E-state index contributed by atoms with van der Waals surface area (Å²) in [5.74, 6) is 0. The summed E-state index contributed by atoms with van der Waals surface area (Å²) >= 11 is 0. The highest BCUT2D eigenvalue weighted by molar-refractivity contribution is 7.86. The fourth-order valence-corrected chi connectivity index (χ4v) is 4.33. The first-order valence-electron chi connectivity index (χ1n) is 10.3. The standard InChI is InChI=1S/C24H21F3N2O5S/c1-15-7-9-19(10-8-15)35(32,33)34-14-18(30)13-29-21(17-6-4-5-16(2)11-17)12-20(24(25,26)27)22(28-3)23(29)31/h4-12,18,30H,13-14H2,1-2H3. The molecule has 1 heterocycles. The third-order valence-corrected chi connectivity index (χ3v) is 6.42. The van der Waals surface area contributed by atoms with Gasteiger partial charge in [-0.05, 0) is 43.7 Å². The molecule has 7 nitrogen and oxygen atoms in total. The van der Waals surface area contributed by atoms with Gasteiger partial charge in [-0.15, -0.1) is 0 Å². The number of halogens is 3. The zero-order chi connectivity index (χ0) is 26.0. The van der Waals surface area contributed by atoms with Crippen LogP contribution in [0.15, 0.2) is 64.3 Å². The lowest BCUT2D eigenvalue weighted by molar-refractivity contribution is -0.137. The molecule has 0 aliphatic heterocycles. The molecule has 11 heteroatoms. The van der Waals surface area contributed by atoms with Crippen molar-refractivity contribution in [2.45, 2.75) is 37.6 Å². The largest absolute Gasteiger partial charge is 0.407 e. The van der Waals surface area contributed by atoms with Crippen LogP contribution in [0.25, 0.3) is 16.1 Å². The second kappa shape index (κ2) is 10.0. The molecule has 0 spiro atoms. The van der Waals surface area contributed by atoms with Crippen LogP contribution in [0.2, 0.25) is 0 Å². The number of aryl methyl sites for hydroxylation is 2. The molecule has 2 aromatic carbocycles. The highest BCUT2D eigenvalue weighted by atomic mass is 32.2. The summed E-state index contributed by atoms with van der Waals surface area (Å²) in [6.07, 6.45) is -6.55. The van der Waals surface area contributed by atoms with Crippen molar-refractivity contribution >= 4 is 15.8 Å². The summed E-state index contributed by atoms with van der Waals surface area (Å²) < 4.78 is 71.3. The molecular weight excluding hydrogens is 485 g/mol. The first-order valence-corrected chi connectivity index (χ1v) is 11.7. The van der Waals surface area contributed by atoms with Gasteiger partial charge in [0.1, 0.15) is 0 Å². The molecule has 3 aromatic rings. The smallest absolute Gasteiger partial charge is 0.389 e. The molecule has 35 heavy (non-hydrogen) atoms. The van der Waals surface area contributed by atoms with Crippen molar-refractivity contribution in [2.75, 3.05) is 6.61 Å². The highest BCUT2D eigenvalue weighted by Gasteiger charge is 2.36. The Kier molecular flexibility index (Phi) is 7.50. The first-order chi connectivity index (χ1) is 16.3. The second-order valence-corrected chi connectivity index (χ2v) is 9.51. The van der Waals surface area contributed by atoms with E-state index in [4.69, 9.17) is 10.8 Å². The van der Waals surface area contributed by atoms with Gasteiger partial charge in [0, 0.05) is 5.69 Å². The highest BCUT2D eigenvalue weighted by Crippen LogP contribution is 2.37. The van der Waals surface area contributed by atoms with Crippen LogP contribution in [0.4, 0.5) is 18.9 Å². The minimum atomic E-state index is -4.96. The Morgan fingerprint density at radius 2 is 1.74 bits per heavy atom. The number of benzene rings is 2. The van der Waals surface area contributed by atoms with E-state index < -0.39 is 52.4 Å². The predicted molar refractivity (Wildman–Crippen MR) is 122 cm³/mol. The van der Waals surface area contributed by atoms with Crippen molar-refractivity contribution in [1.29, 1.82) is 0 Å². The van der Waals surface area contributed by atoms with E-state index in [2.05, 4.69) is 4.85 Å². The summed E-state index contributed by atoms with van der Waals surface area (Å²) in [6, 6.07) is 12.8. The van der Waals surface area contributed by atoms with Crippen LogP contribution in [-0.4, -0.2) is 30.8 Å². The van der Waals surface area contributed by atoms with E-state index in [1.165, 1.54) is 18.2 Å². The molecule has 184 valence electrons. The number of aliphatic hydroxyl groups excluding tert-OH is 1. The van der Waals surface area contributed by atoms with Crippen LogP contribution in [0.3, 0.4) is 0 Å². The Hall–Kier alpha value is -3.46. The number of alkyl halides is 3. The number of hydrogen-bond donors (Lipinski definition) is 1. The summed E-state index contributed by atoms with van der Waals surface area (Å²) in [7, 11) is -4.23. The van der Waals surface area contributed by atoms with E-state index in [1.54, 1.807) is 44.2 Å². The van der Waals surface area contributed by atoms with Gasteiger partial charge < -0.3 is 9.67 Å². The van der Waals surface area contributed by atoms with Gasteiger partial charge in [-0.25, -0.2) is 4.85 Å². The zero-order valence-electron chi connectivity index (χ0n) is 18.7. The topological polar surface area (TPSA) is 90.0 Å². The number of hydrogen-bond acceptors (Lipinski definition) is 5.